The van der Waals surface area contributed by atoms with Crippen LogP contribution in [0.3, 0.4) is 0 Å². The van der Waals surface area contributed by atoms with Crippen molar-refractivity contribution in [1.29, 1.82) is 0 Å². The van der Waals surface area contributed by atoms with E-state index in [4.69, 9.17) is 10.8 Å². The number of carbonyl (C=O) groups is 1. The number of nitrogens with two attached hydrogens (primary N) is 1. The zero-order valence-electron chi connectivity index (χ0n) is 9.20. The van der Waals surface area contributed by atoms with Crippen molar-refractivity contribution in [2.45, 2.75) is 38.6 Å². The highest BCUT2D eigenvalue weighted by Crippen LogP contribution is 1.98. The molecule has 0 aromatic rings. The lowest BCUT2D eigenvalue weighted by atomic mass is 10.1. The average molecular weight is 202 g/mol. The van der Waals surface area contributed by atoms with E-state index in [0.29, 0.717) is 6.42 Å². The van der Waals surface area contributed by atoms with Gasteiger partial charge in [0.1, 0.15) is 6.04 Å². The highest BCUT2D eigenvalue weighted by Gasteiger charge is 2.10. The molecule has 84 valence electrons. The number of unbranched alkanes of at least 4 members (excludes halogenated alkanes) is 1. The van der Waals surface area contributed by atoms with Crippen LogP contribution < -0.4 is 5.73 Å². The summed E-state index contributed by atoms with van der Waals surface area (Å²) in [4.78, 5) is 12.6. The van der Waals surface area contributed by atoms with E-state index in [0.717, 1.165) is 19.5 Å². The van der Waals surface area contributed by atoms with Gasteiger partial charge in [0.25, 0.3) is 0 Å². The molecule has 0 bridgehead atoms. The normalized spacial score (nSPS) is 13.1. The van der Waals surface area contributed by atoms with E-state index in [9.17, 15) is 4.79 Å². The Kier molecular flexibility index (Phi) is 7.42. The van der Waals surface area contributed by atoms with Gasteiger partial charge in [-0.1, -0.05) is 13.3 Å². The summed E-state index contributed by atoms with van der Waals surface area (Å²) in [6.07, 6.45) is 3.81. The summed E-state index contributed by atoms with van der Waals surface area (Å²) in [6, 6.07) is -0.699. The third-order valence-electron chi connectivity index (χ3n) is 2.27. The molecule has 14 heavy (non-hydrogen) atoms. The van der Waals surface area contributed by atoms with E-state index < -0.39 is 12.0 Å². The first-order valence-corrected chi connectivity index (χ1v) is 5.24. The molecule has 4 heteroatoms. The molecule has 3 N–H and O–H groups in total. The van der Waals surface area contributed by atoms with Crippen molar-refractivity contribution in [2.75, 3.05) is 20.1 Å². The van der Waals surface area contributed by atoms with Crippen LogP contribution in [-0.4, -0.2) is 42.2 Å². The van der Waals surface area contributed by atoms with Gasteiger partial charge in [-0.05, 0) is 39.4 Å². The van der Waals surface area contributed by atoms with Gasteiger partial charge in [0.2, 0.25) is 0 Å². The van der Waals surface area contributed by atoms with Crippen LogP contribution in [0.4, 0.5) is 0 Å². The van der Waals surface area contributed by atoms with Gasteiger partial charge in [-0.15, -0.1) is 0 Å². The second-order valence-corrected chi connectivity index (χ2v) is 3.74. The third kappa shape index (κ3) is 6.86. The molecule has 0 rings (SSSR count). The number of rotatable bonds is 8. The Bertz CT molecular complexity index is 162. The molecule has 0 radical (unpaired) electrons. The largest absolute Gasteiger partial charge is 0.480 e. The number of carboxylic acids is 1. The lowest BCUT2D eigenvalue weighted by molar-refractivity contribution is -0.138. The van der Waals surface area contributed by atoms with E-state index in [1.807, 2.05) is 0 Å². The predicted octanol–water partition coefficient (Wildman–Crippen LogP) is 0.910. The minimum absolute atomic E-state index is 0.561. The van der Waals surface area contributed by atoms with Crippen LogP contribution >= 0.6 is 0 Å². The average Bonchev–Trinajstić information content (AvgIpc) is 2.14. The summed E-state index contributed by atoms with van der Waals surface area (Å²) < 4.78 is 0. The summed E-state index contributed by atoms with van der Waals surface area (Å²) in [5.74, 6) is -0.902. The SMILES string of the molecule is CCCCN(C)CCCC(N)C(=O)O. The molecule has 0 fully saturated rings. The zero-order chi connectivity index (χ0) is 11.0. The molecule has 0 aliphatic heterocycles. The van der Waals surface area contributed by atoms with Crippen molar-refractivity contribution in [1.82, 2.24) is 4.90 Å². The fraction of sp³-hybridized carbons (Fsp3) is 0.900. The van der Waals surface area contributed by atoms with Crippen LogP contribution in [-0.2, 0) is 4.79 Å². The highest BCUT2D eigenvalue weighted by molar-refractivity contribution is 5.72. The summed E-state index contributed by atoms with van der Waals surface area (Å²) >= 11 is 0. The van der Waals surface area contributed by atoms with Crippen LogP contribution in [0.5, 0.6) is 0 Å². The Morgan fingerprint density at radius 3 is 2.50 bits per heavy atom. The van der Waals surface area contributed by atoms with E-state index in [1.165, 1.54) is 12.8 Å². The minimum atomic E-state index is -0.902. The summed E-state index contributed by atoms with van der Waals surface area (Å²) in [6.45, 7) is 4.17. The topological polar surface area (TPSA) is 66.6 Å². The van der Waals surface area contributed by atoms with Gasteiger partial charge in [0, 0.05) is 0 Å². The summed E-state index contributed by atoms with van der Waals surface area (Å²) in [7, 11) is 2.06. The van der Waals surface area contributed by atoms with Crippen molar-refractivity contribution >= 4 is 5.97 Å². The van der Waals surface area contributed by atoms with E-state index in [2.05, 4.69) is 18.9 Å². The molecule has 0 saturated carbocycles. The van der Waals surface area contributed by atoms with Gasteiger partial charge in [-0.3, -0.25) is 4.79 Å². The minimum Gasteiger partial charge on any atom is -0.480 e. The van der Waals surface area contributed by atoms with Crippen LogP contribution in [0.25, 0.3) is 0 Å². The van der Waals surface area contributed by atoms with Crippen molar-refractivity contribution in [3.05, 3.63) is 0 Å². The van der Waals surface area contributed by atoms with Crippen LogP contribution in [0, 0.1) is 0 Å². The number of hydrogen-bond acceptors (Lipinski definition) is 3. The fourth-order valence-corrected chi connectivity index (χ4v) is 1.24. The van der Waals surface area contributed by atoms with Crippen molar-refractivity contribution in [2.24, 2.45) is 5.73 Å². The van der Waals surface area contributed by atoms with Crippen molar-refractivity contribution in [3.8, 4) is 0 Å². The number of carboxylic acid groups (broad SMARTS) is 1. The standard InChI is InChI=1S/C10H22N2O2/c1-3-4-7-12(2)8-5-6-9(11)10(13)14/h9H,3-8,11H2,1-2H3,(H,13,14). The van der Waals surface area contributed by atoms with Crippen LogP contribution in [0.15, 0.2) is 0 Å². The zero-order valence-corrected chi connectivity index (χ0v) is 9.20. The third-order valence-corrected chi connectivity index (χ3v) is 2.27. The van der Waals surface area contributed by atoms with Crippen molar-refractivity contribution in [3.63, 3.8) is 0 Å². The monoisotopic (exact) mass is 202 g/mol. The molecule has 1 atom stereocenters. The van der Waals surface area contributed by atoms with Gasteiger partial charge < -0.3 is 15.7 Å². The lowest BCUT2D eigenvalue weighted by Gasteiger charge is -2.16. The molecule has 0 aromatic carbocycles. The molecule has 0 aliphatic rings. The molecule has 0 saturated heterocycles. The smallest absolute Gasteiger partial charge is 0.320 e. The molecule has 0 aliphatic carbocycles. The van der Waals surface area contributed by atoms with Crippen molar-refractivity contribution < 1.29 is 9.90 Å². The van der Waals surface area contributed by atoms with E-state index in [1.54, 1.807) is 0 Å². The van der Waals surface area contributed by atoms with Crippen LogP contribution in [0.2, 0.25) is 0 Å². The van der Waals surface area contributed by atoms with E-state index in [-0.39, 0.29) is 0 Å². The molecule has 4 nitrogen and oxygen atoms in total. The Labute approximate surface area is 86.1 Å². The summed E-state index contributed by atoms with van der Waals surface area (Å²) in [5.41, 5.74) is 5.38. The first kappa shape index (κ1) is 13.4. The van der Waals surface area contributed by atoms with Gasteiger partial charge >= 0.3 is 5.97 Å². The molecular formula is C10H22N2O2. The Balaban J connectivity index is 3.39. The highest BCUT2D eigenvalue weighted by atomic mass is 16.4. The van der Waals surface area contributed by atoms with Gasteiger partial charge in [-0.25, -0.2) is 0 Å². The van der Waals surface area contributed by atoms with Gasteiger partial charge in [0.05, 0.1) is 0 Å². The van der Waals surface area contributed by atoms with Gasteiger partial charge in [-0.2, -0.15) is 0 Å². The Morgan fingerprint density at radius 2 is 2.00 bits per heavy atom. The molecule has 1 unspecified atom stereocenters. The molecule has 0 amide bonds. The van der Waals surface area contributed by atoms with Gasteiger partial charge in [0.15, 0.2) is 0 Å². The maximum atomic E-state index is 10.4. The number of nitrogens with zero attached hydrogens (tertiary/aromatic N) is 1. The first-order chi connectivity index (χ1) is 6.57. The molecular weight excluding hydrogens is 180 g/mol. The van der Waals surface area contributed by atoms with Crippen LogP contribution in [0.1, 0.15) is 32.6 Å². The molecule has 0 heterocycles. The maximum Gasteiger partial charge on any atom is 0.320 e. The quantitative estimate of drug-likeness (QED) is 0.614. The Morgan fingerprint density at radius 1 is 1.43 bits per heavy atom. The second kappa shape index (κ2) is 7.76. The fourth-order valence-electron chi connectivity index (χ4n) is 1.24. The number of hydrogen-bond donors (Lipinski definition) is 2. The van der Waals surface area contributed by atoms with E-state index >= 15 is 0 Å². The second-order valence-electron chi connectivity index (χ2n) is 3.74. The number of aliphatic carboxylic acids is 1. The first-order valence-electron chi connectivity index (χ1n) is 5.24. The molecule has 0 aromatic heterocycles. The molecule has 0 spiro atoms. The maximum absolute atomic E-state index is 10.4. The lowest BCUT2D eigenvalue weighted by Crippen LogP contribution is -2.31. The predicted molar refractivity (Wildman–Crippen MR) is 57.3 cm³/mol. The Hall–Kier alpha value is -0.610. The summed E-state index contributed by atoms with van der Waals surface area (Å²) in [5, 5.41) is 8.55.